The number of hydrogen-bond acceptors (Lipinski definition) is 3. The summed E-state index contributed by atoms with van der Waals surface area (Å²) in [5.74, 6) is -0.0664. The minimum Gasteiger partial charge on any atom is -0.348 e. The summed E-state index contributed by atoms with van der Waals surface area (Å²) in [7, 11) is 0. The van der Waals surface area contributed by atoms with Gasteiger partial charge in [-0.05, 0) is 57.5 Å². The fourth-order valence-corrected chi connectivity index (χ4v) is 3.02. The van der Waals surface area contributed by atoms with E-state index >= 15 is 0 Å². The molecule has 1 aliphatic rings. The van der Waals surface area contributed by atoms with Gasteiger partial charge >= 0.3 is 0 Å². The number of rotatable bonds is 3. The molecule has 0 spiro atoms. The molecule has 0 bridgehead atoms. The molecule has 130 valence electrons. The summed E-state index contributed by atoms with van der Waals surface area (Å²) in [5.41, 5.74) is 2.20. The quantitative estimate of drug-likeness (QED) is 0.874. The monoisotopic (exact) mass is 368 g/mol. The molecule has 2 atom stereocenters. The van der Waals surface area contributed by atoms with E-state index in [0.717, 1.165) is 25.1 Å². The van der Waals surface area contributed by atoms with Crippen molar-refractivity contribution in [1.82, 2.24) is 20.4 Å². The second kappa shape index (κ2) is 8.01. The molecule has 0 aliphatic carbocycles. The highest BCUT2D eigenvalue weighted by molar-refractivity contribution is 6.30. The predicted molar refractivity (Wildman–Crippen MR) is 98.5 cm³/mol. The topological polar surface area (TPSA) is 59.0 Å². The van der Waals surface area contributed by atoms with Gasteiger partial charge < -0.3 is 10.6 Å². The third-order valence-electron chi connectivity index (χ3n) is 4.31. The van der Waals surface area contributed by atoms with Crippen LogP contribution in [0, 0.1) is 6.92 Å². The van der Waals surface area contributed by atoms with Gasteiger partial charge in [-0.1, -0.05) is 11.6 Å². The van der Waals surface area contributed by atoms with Crippen LogP contribution in [0.5, 0.6) is 0 Å². The molecule has 1 saturated heterocycles. The predicted octanol–water partition coefficient (Wildman–Crippen LogP) is 3.13. The van der Waals surface area contributed by atoms with E-state index in [9.17, 15) is 4.79 Å². The van der Waals surface area contributed by atoms with Crippen LogP contribution >= 0.6 is 24.0 Å². The average molecular weight is 369 g/mol. The van der Waals surface area contributed by atoms with Gasteiger partial charge in [0.05, 0.1) is 16.9 Å². The van der Waals surface area contributed by atoms with E-state index in [-0.39, 0.29) is 24.4 Å². The van der Waals surface area contributed by atoms with Crippen LogP contribution < -0.4 is 10.6 Å². The lowest BCUT2D eigenvalue weighted by molar-refractivity contribution is 0.0919. The van der Waals surface area contributed by atoms with Crippen LogP contribution in [0.2, 0.25) is 5.02 Å². The molecule has 3 rings (SSSR count). The second-order valence-corrected chi connectivity index (χ2v) is 6.45. The van der Waals surface area contributed by atoms with E-state index in [4.69, 9.17) is 11.6 Å². The lowest BCUT2D eigenvalue weighted by Gasteiger charge is -2.30. The van der Waals surface area contributed by atoms with Crippen molar-refractivity contribution in [3.8, 4) is 5.69 Å². The minimum absolute atomic E-state index is 0. The third-order valence-corrected chi connectivity index (χ3v) is 4.56. The zero-order valence-electron chi connectivity index (χ0n) is 13.8. The Morgan fingerprint density at radius 1 is 1.38 bits per heavy atom. The molecular formula is C17H22Cl2N4O. The van der Waals surface area contributed by atoms with Gasteiger partial charge in [0, 0.05) is 23.3 Å². The summed E-state index contributed by atoms with van der Waals surface area (Å²) in [6.07, 6.45) is 3.86. The van der Waals surface area contributed by atoms with Crippen molar-refractivity contribution in [3.63, 3.8) is 0 Å². The number of carbonyl (C=O) groups is 1. The molecule has 2 heterocycles. The van der Waals surface area contributed by atoms with E-state index < -0.39 is 0 Å². The van der Waals surface area contributed by atoms with Crippen LogP contribution in [0.4, 0.5) is 0 Å². The fraction of sp³-hybridized carbons (Fsp3) is 0.412. The number of amides is 1. The number of nitrogens with one attached hydrogen (secondary N) is 2. The molecular weight excluding hydrogens is 347 g/mol. The first-order valence-electron chi connectivity index (χ1n) is 7.91. The normalized spacial score (nSPS) is 20.3. The summed E-state index contributed by atoms with van der Waals surface area (Å²) in [5, 5.41) is 11.6. The summed E-state index contributed by atoms with van der Waals surface area (Å²) in [6.45, 7) is 4.97. The molecule has 2 N–H and O–H groups in total. The van der Waals surface area contributed by atoms with Gasteiger partial charge in [0.1, 0.15) is 0 Å². The Morgan fingerprint density at radius 3 is 2.75 bits per heavy atom. The fourth-order valence-electron chi connectivity index (χ4n) is 2.90. The molecule has 1 fully saturated rings. The number of aryl methyl sites for hydroxylation is 1. The maximum Gasteiger partial charge on any atom is 0.255 e. The van der Waals surface area contributed by atoms with E-state index in [1.165, 1.54) is 0 Å². The van der Waals surface area contributed by atoms with E-state index in [0.29, 0.717) is 22.3 Å². The molecule has 1 aromatic carbocycles. The van der Waals surface area contributed by atoms with Crippen LogP contribution in [-0.4, -0.2) is 34.3 Å². The van der Waals surface area contributed by atoms with Gasteiger partial charge in [0.15, 0.2) is 0 Å². The Morgan fingerprint density at radius 2 is 2.08 bits per heavy atom. The van der Waals surface area contributed by atoms with Gasteiger partial charge in [-0.15, -0.1) is 12.4 Å². The highest BCUT2D eigenvalue weighted by atomic mass is 35.5. The van der Waals surface area contributed by atoms with Crippen molar-refractivity contribution in [2.45, 2.75) is 38.8 Å². The Balaban J connectivity index is 0.00000208. The van der Waals surface area contributed by atoms with Crippen LogP contribution in [0.1, 0.15) is 35.8 Å². The number of carbonyl (C=O) groups excluding carboxylic acids is 1. The number of hydrogen-bond donors (Lipinski definition) is 2. The molecule has 5 nitrogen and oxygen atoms in total. The molecule has 2 unspecified atom stereocenters. The molecule has 0 radical (unpaired) electrons. The first-order valence-corrected chi connectivity index (χ1v) is 8.29. The zero-order chi connectivity index (χ0) is 16.4. The van der Waals surface area contributed by atoms with Crippen molar-refractivity contribution in [3.05, 3.63) is 46.7 Å². The second-order valence-electron chi connectivity index (χ2n) is 6.01. The van der Waals surface area contributed by atoms with Gasteiger partial charge in [-0.2, -0.15) is 5.10 Å². The van der Waals surface area contributed by atoms with Crippen LogP contribution in [0.25, 0.3) is 5.69 Å². The number of halogens is 2. The molecule has 7 heteroatoms. The average Bonchev–Trinajstić information content (AvgIpc) is 2.92. The highest BCUT2D eigenvalue weighted by Gasteiger charge is 2.24. The maximum absolute atomic E-state index is 12.6. The number of benzene rings is 1. The van der Waals surface area contributed by atoms with Crippen LogP contribution in [0.15, 0.2) is 30.5 Å². The smallest absolute Gasteiger partial charge is 0.255 e. The lowest BCUT2D eigenvalue weighted by Crippen LogP contribution is -2.51. The SMILES string of the molecule is Cc1nn(-c2ccc(Cl)cc2)cc1C(=O)NC1CCCNC1C.Cl. The number of piperidine rings is 1. The molecule has 2 aromatic rings. The lowest BCUT2D eigenvalue weighted by atomic mass is 9.99. The van der Waals surface area contributed by atoms with Crippen molar-refractivity contribution in [1.29, 1.82) is 0 Å². The van der Waals surface area contributed by atoms with Crippen molar-refractivity contribution in [2.75, 3.05) is 6.54 Å². The summed E-state index contributed by atoms with van der Waals surface area (Å²) in [4.78, 5) is 12.6. The summed E-state index contributed by atoms with van der Waals surface area (Å²) < 4.78 is 1.71. The van der Waals surface area contributed by atoms with Crippen molar-refractivity contribution >= 4 is 29.9 Å². The zero-order valence-corrected chi connectivity index (χ0v) is 15.3. The summed E-state index contributed by atoms with van der Waals surface area (Å²) in [6, 6.07) is 7.83. The van der Waals surface area contributed by atoms with Crippen molar-refractivity contribution < 1.29 is 4.79 Å². The van der Waals surface area contributed by atoms with E-state index in [2.05, 4.69) is 22.7 Å². The largest absolute Gasteiger partial charge is 0.348 e. The maximum atomic E-state index is 12.6. The highest BCUT2D eigenvalue weighted by Crippen LogP contribution is 2.16. The van der Waals surface area contributed by atoms with Crippen LogP contribution in [-0.2, 0) is 0 Å². The van der Waals surface area contributed by atoms with Crippen LogP contribution in [0.3, 0.4) is 0 Å². The Bertz CT molecular complexity index is 699. The van der Waals surface area contributed by atoms with Crippen molar-refractivity contribution in [2.24, 2.45) is 0 Å². The standard InChI is InChI=1S/C17H21ClN4O.ClH/c1-11-15(17(23)20-16-4-3-9-19-12(16)2)10-22(21-11)14-7-5-13(18)6-8-14;/h5-8,10,12,16,19H,3-4,9H2,1-2H3,(H,20,23);1H. The van der Waals surface area contributed by atoms with Gasteiger partial charge in [-0.3, -0.25) is 4.79 Å². The minimum atomic E-state index is -0.0664. The molecule has 1 amide bonds. The van der Waals surface area contributed by atoms with Gasteiger partial charge in [0.2, 0.25) is 0 Å². The molecule has 0 saturated carbocycles. The van der Waals surface area contributed by atoms with E-state index in [1.807, 2.05) is 31.2 Å². The number of aromatic nitrogens is 2. The molecule has 1 aromatic heterocycles. The summed E-state index contributed by atoms with van der Waals surface area (Å²) >= 11 is 5.91. The van der Waals surface area contributed by atoms with Gasteiger partial charge in [-0.25, -0.2) is 4.68 Å². The Labute approximate surface area is 153 Å². The number of nitrogens with zero attached hydrogens (tertiary/aromatic N) is 2. The first-order chi connectivity index (χ1) is 11.0. The molecule has 1 aliphatic heterocycles. The van der Waals surface area contributed by atoms with Gasteiger partial charge in [0.25, 0.3) is 5.91 Å². The Hall–Kier alpha value is -1.56. The third kappa shape index (κ3) is 4.09. The molecule has 24 heavy (non-hydrogen) atoms. The Kier molecular flexibility index (Phi) is 6.27. The first kappa shape index (κ1) is 18.8. The van der Waals surface area contributed by atoms with E-state index in [1.54, 1.807) is 10.9 Å².